The zero-order valence-electron chi connectivity index (χ0n) is 16.8. The average Bonchev–Trinajstić information content (AvgIpc) is 3.15. The van der Waals surface area contributed by atoms with Crippen molar-refractivity contribution in [2.45, 2.75) is 24.8 Å². The largest absolute Gasteiger partial charge is 0.356 e. The number of amides is 1. The third-order valence-electron chi connectivity index (χ3n) is 4.79. The van der Waals surface area contributed by atoms with Crippen molar-refractivity contribution in [1.82, 2.24) is 9.88 Å². The van der Waals surface area contributed by atoms with Crippen LogP contribution in [0, 0.1) is 6.92 Å². The summed E-state index contributed by atoms with van der Waals surface area (Å²) in [5.74, 6) is -0.269. The fourth-order valence-electron chi connectivity index (χ4n) is 3.16. The summed E-state index contributed by atoms with van der Waals surface area (Å²) in [6.07, 6.45) is 0.0507. The maximum absolute atomic E-state index is 12.5. The van der Waals surface area contributed by atoms with E-state index in [1.807, 2.05) is 55.5 Å². The van der Waals surface area contributed by atoms with Gasteiger partial charge in [-0.1, -0.05) is 47.1 Å². The first-order chi connectivity index (χ1) is 14.9. The van der Waals surface area contributed by atoms with Crippen molar-refractivity contribution in [2.75, 3.05) is 5.32 Å². The molecule has 1 heterocycles. The maximum atomic E-state index is 12.5. The molecule has 4 rings (SSSR count). The zero-order valence-corrected chi connectivity index (χ0v) is 17.6. The maximum Gasteiger partial charge on any atom is 0.240 e. The highest BCUT2D eigenvalue weighted by molar-refractivity contribution is 7.89. The molecule has 1 amide bonds. The number of rotatable bonds is 7. The molecule has 4 aromatic rings. The summed E-state index contributed by atoms with van der Waals surface area (Å²) in [7, 11) is -3.66. The quantitative estimate of drug-likeness (QED) is 0.460. The predicted molar refractivity (Wildman–Crippen MR) is 118 cm³/mol. The Labute approximate surface area is 180 Å². The Morgan fingerprint density at radius 2 is 1.74 bits per heavy atom. The molecule has 0 radical (unpaired) electrons. The second-order valence-electron chi connectivity index (χ2n) is 7.19. The number of anilines is 1. The van der Waals surface area contributed by atoms with E-state index in [9.17, 15) is 13.2 Å². The molecule has 0 fully saturated rings. The third kappa shape index (κ3) is 4.99. The van der Waals surface area contributed by atoms with Crippen LogP contribution in [0.2, 0.25) is 0 Å². The van der Waals surface area contributed by atoms with Gasteiger partial charge in [-0.25, -0.2) is 13.1 Å². The summed E-state index contributed by atoms with van der Waals surface area (Å²) in [6, 6.07) is 21.0. The second-order valence-corrected chi connectivity index (χ2v) is 8.96. The van der Waals surface area contributed by atoms with Crippen LogP contribution in [-0.2, 0) is 27.8 Å². The molecule has 3 aromatic carbocycles. The van der Waals surface area contributed by atoms with Crippen molar-refractivity contribution < 1.29 is 17.7 Å². The van der Waals surface area contributed by atoms with E-state index < -0.39 is 10.0 Å². The molecule has 8 heteroatoms. The predicted octanol–water partition coefficient (Wildman–Crippen LogP) is 3.80. The highest BCUT2D eigenvalue weighted by atomic mass is 32.2. The molecule has 0 aliphatic heterocycles. The lowest BCUT2D eigenvalue weighted by Crippen LogP contribution is -2.23. The molecule has 0 spiro atoms. The lowest BCUT2D eigenvalue weighted by atomic mass is 10.1. The number of sulfonamides is 1. The molecular weight excluding hydrogens is 414 g/mol. The summed E-state index contributed by atoms with van der Waals surface area (Å²) in [5, 5.41) is 7.55. The second kappa shape index (κ2) is 8.71. The van der Waals surface area contributed by atoms with Crippen molar-refractivity contribution in [3.63, 3.8) is 0 Å². The Bertz CT molecular complexity index is 1310. The first kappa shape index (κ1) is 20.8. The van der Waals surface area contributed by atoms with Gasteiger partial charge in [0.15, 0.2) is 5.58 Å². The molecule has 0 aliphatic carbocycles. The number of nitrogens with one attached hydrogen (secondary N) is 2. The topological polar surface area (TPSA) is 101 Å². The molecule has 0 saturated heterocycles. The summed E-state index contributed by atoms with van der Waals surface area (Å²) in [4.78, 5) is 12.6. The number of hydrogen-bond acceptors (Lipinski definition) is 5. The number of fused-ring (bicyclic) bond motifs is 1. The summed E-state index contributed by atoms with van der Waals surface area (Å²) in [5.41, 5.74) is 3.60. The molecule has 0 atom stereocenters. The van der Waals surface area contributed by atoms with Gasteiger partial charge in [-0.15, -0.1) is 0 Å². The van der Waals surface area contributed by atoms with Crippen LogP contribution in [0.25, 0.3) is 11.0 Å². The van der Waals surface area contributed by atoms with E-state index in [4.69, 9.17) is 4.52 Å². The Morgan fingerprint density at radius 1 is 1.00 bits per heavy atom. The lowest BCUT2D eigenvalue weighted by Gasteiger charge is -2.09. The molecule has 158 valence electrons. The van der Waals surface area contributed by atoms with Crippen molar-refractivity contribution in [3.05, 3.63) is 89.6 Å². The minimum absolute atomic E-state index is 0.0507. The van der Waals surface area contributed by atoms with Crippen LogP contribution >= 0.6 is 0 Å². The Hall–Kier alpha value is -3.49. The first-order valence-electron chi connectivity index (χ1n) is 9.69. The van der Waals surface area contributed by atoms with Crippen LogP contribution in [0.5, 0.6) is 0 Å². The molecule has 0 unspecified atom stereocenters. The molecule has 7 nitrogen and oxygen atoms in total. The molecule has 1 aromatic heterocycles. The Morgan fingerprint density at radius 3 is 2.48 bits per heavy atom. The number of aromatic nitrogens is 1. The number of hydrogen-bond donors (Lipinski definition) is 2. The van der Waals surface area contributed by atoms with E-state index in [-0.39, 0.29) is 23.8 Å². The number of nitrogens with zero attached hydrogens (tertiary/aromatic N) is 1. The van der Waals surface area contributed by atoms with Gasteiger partial charge in [-0.2, -0.15) is 0 Å². The fraction of sp³-hybridized carbons (Fsp3) is 0.130. The van der Waals surface area contributed by atoms with Crippen molar-refractivity contribution in [1.29, 1.82) is 0 Å². The van der Waals surface area contributed by atoms with Crippen molar-refractivity contribution >= 4 is 32.6 Å². The van der Waals surface area contributed by atoms with Crippen molar-refractivity contribution in [3.8, 4) is 0 Å². The molecule has 2 N–H and O–H groups in total. The smallest absolute Gasteiger partial charge is 0.240 e. The van der Waals surface area contributed by atoms with Crippen LogP contribution in [0.4, 0.5) is 5.69 Å². The third-order valence-corrected chi connectivity index (χ3v) is 6.20. The monoisotopic (exact) mass is 435 g/mol. The van der Waals surface area contributed by atoms with Gasteiger partial charge in [0.1, 0.15) is 5.69 Å². The molecule has 31 heavy (non-hydrogen) atoms. The first-order valence-corrected chi connectivity index (χ1v) is 11.2. The minimum atomic E-state index is -3.66. The summed E-state index contributed by atoms with van der Waals surface area (Å²) >= 11 is 0. The molecule has 0 saturated carbocycles. The van der Waals surface area contributed by atoms with E-state index in [1.165, 1.54) is 12.1 Å². The average molecular weight is 436 g/mol. The van der Waals surface area contributed by atoms with E-state index in [0.29, 0.717) is 17.0 Å². The lowest BCUT2D eigenvalue weighted by molar-refractivity contribution is -0.115. The van der Waals surface area contributed by atoms with E-state index >= 15 is 0 Å². The van der Waals surface area contributed by atoms with Crippen LogP contribution in [0.3, 0.4) is 0 Å². The number of carbonyl (C=O) groups is 1. The van der Waals surface area contributed by atoms with Gasteiger partial charge >= 0.3 is 0 Å². The van der Waals surface area contributed by atoms with Crippen LogP contribution in [0.15, 0.2) is 82.2 Å². The van der Waals surface area contributed by atoms with Gasteiger partial charge in [-0.3, -0.25) is 4.79 Å². The normalized spacial score (nSPS) is 11.5. The van der Waals surface area contributed by atoms with Gasteiger partial charge in [0, 0.05) is 17.6 Å². The van der Waals surface area contributed by atoms with Gasteiger partial charge in [0.25, 0.3) is 0 Å². The van der Waals surface area contributed by atoms with E-state index in [0.717, 1.165) is 16.5 Å². The summed E-state index contributed by atoms with van der Waals surface area (Å²) < 4.78 is 32.8. The summed E-state index contributed by atoms with van der Waals surface area (Å²) in [6.45, 7) is 2.16. The van der Waals surface area contributed by atoms with Crippen LogP contribution in [0.1, 0.15) is 16.8 Å². The Balaban J connectivity index is 1.39. The zero-order chi connectivity index (χ0) is 21.8. The van der Waals surface area contributed by atoms with E-state index in [1.54, 1.807) is 12.1 Å². The number of aryl methyl sites for hydroxylation is 1. The van der Waals surface area contributed by atoms with Gasteiger partial charge < -0.3 is 9.84 Å². The minimum Gasteiger partial charge on any atom is -0.356 e. The van der Waals surface area contributed by atoms with Crippen molar-refractivity contribution in [2.24, 2.45) is 0 Å². The fourth-order valence-corrected chi connectivity index (χ4v) is 4.18. The van der Waals surface area contributed by atoms with E-state index in [2.05, 4.69) is 15.2 Å². The molecule has 0 aliphatic rings. The molecular formula is C23H21N3O4S. The van der Waals surface area contributed by atoms with Gasteiger partial charge in [0.2, 0.25) is 15.9 Å². The number of carbonyl (C=O) groups excluding carboxylic acids is 1. The highest BCUT2D eigenvalue weighted by Crippen LogP contribution is 2.21. The van der Waals surface area contributed by atoms with Gasteiger partial charge in [0.05, 0.1) is 11.3 Å². The number of benzene rings is 3. The SMILES string of the molecule is Cc1ccc2onc(CC(=O)Nc3ccc(S(=O)(=O)NCc4ccccc4)cc3)c2c1. The highest BCUT2D eigenvalue weighted by Gasteiger charge is 2.15. The van der Waals surface area contributed by atoms with Crippen LogP contribution < -0.4 is 10.0 Å². The van der Waals surface area contributed by atoms with Gasteiger partial charge in [-0.05, 0) is 48.9 Å². The molecule has 0 bridgehead atoms. The standard InChI is InChI=1S/C23H21N3O4S/c1-16-7-12-22-20(13-16)21(26-30-22)14-23(27)25-18-8-10-19(11-9-18)31(28,29)24-15-17-5-3-2-4-6-17/h2-13,24H,14-15H2,1H3,(H,25,27). The van der Waals surface area contributed by atoms with Crippen LogP contribution in [-0.4, -0.2) is 19.5 Å². The Kier molecular flexibility index (Phi) is 5.83.